The Hall–Kier alpha value is -2.12. The van der Waals surface area contributed by atoms with Gasteiger partial charge in [-0.05, 0) is 19.4 Å². The molecule has 0 spiro atoms. The number of benzene rings is 1. The molecule has 0 bridgehead atoms. The van der Waals surface area contributed by atoms with Crippen molar-refractivity contribution in [3.63, 3.8) is 0 Å². The maximum absolute atomic E-state index is 10.1. The van der Waals surface area contributed by atoms with Gasteiger partial charge in [-0.15, -0.1) is 0 Å². The topological polar surface area (TPSA) is 80.9 Å². The van der Waals surface area contributed by atoms with Crippen LogP contribution in [0.25, 0.3) is 0 Å². The van der Waals surface area contributed by atoms with Crippen molar-refractivity contribution in [2.24, 2.45) is 0 Å². The maximum Gasteiger partial charge on any atom is 0.244 e. The van der Waals surface area contributed by atoms with E-state index in [1.165, 1.54) is 0 Å². The molecule has 7 nitrogen and oxygen atoms in total. The fraction of sp³-hybridized carbons (Fsp3) is 0.500. The van der Waals surface area contributed by atoms with E-state index in [9.17, 15) is 5.11 Å². The number of hydrogen-bond acceptors (Lipinski definition) is 7. The van der Waals surface area contributed by atoms with E-state index in [4.69, 9.17) is 14.0 Å². The third-order valence-electron chi connectivity index (χ3n) is 4.23. The van der Waals surface area contributed by atoms with Crippen molar-refractivity contribution in [2.75, 3.05) is 19.8 Å². The third-order valence-corrected chi connectivity index (χ3v) is 4.23. The van der Waals surface area contributed by atoms with Gasteiger partial charge in [-0.1, -0.05) is 17.3 Å². The highest BCUT2D eigenvalue weighted by molar-refractivity contribution is 5.47. The van der Waals surface area contributed by atoms with Crippen LogP contribution in [0.2, 0.25) is 0 Å². The number of nitrogens with zero attached hydrogens (tertiary/aromatic N) is 3. The predicted molar refractivity (Wildman–Crippen MR) is 80.2 cm³/mol. The first-order chi connectivity index (χ1) is 11.2. The van der Waals surface area contributed by atoms with E-state index in [1.807, 2.05) is 18.2 Å². The van der Waals surface area contributed by atoms with Crippen LogP contribution in [-0.2, 0) is 6.54 Å². The first-order valence-electron chi connectivity index (χ1n) is 7.80. The van der Waals surface area contributed by atoms with Crippen molar-refractivity contribution in [3.8, 4) is 11.5 Å². The van der Waals surface area contributed by atoms with E-state index in [2.05, 4.69) is 15.0 Å². The van der Waals surface area contributed by atoms with Gasteiger partial charge < -0.3 is 19.1 Å². The predicted octanol–water partition coefficient (Wildman–Crippen LogP) is 1.46. The van der Waals surface area contributed by atoms with E-state index in [0.717, 1.165) is 17.1 Å². The molecule has 1 aromatic carbocycles. The number of ether oxygens (including phenoxy) is 2. The summed E-state index contributed by atoms with van der Waals surface area (Å²) in [6.45, 7) is 4.12. The summed E-state index contributed by atoms with van der Waals surface area (Å²) in [4.78, 5) is 6.46. The lowest BCUT2D eigenvalue weighted by atomic mass is 10.1. The van der Waals surface area contributed by atoms with Gasteiger partial charge in [0.1, 0.15) is 13.2 Å². The normalized spacial score (nSPS) is 24.1. The van der Waals surface area contributed by atoms with Crippen molar-refractivity contribution in [1.29, 1.82) is 0 Å². The van der Waals surface area contributed by atoms with Crippen LogP contribution in [0.4, 0.5) is 0 Å². The Morgan fingerprint density at radius 3 is 3.00 bits per heavy atom. The summed E-state index contributed by atoms with van der Waals surface area (Å²) in [6, 6.07) is 5.82. The van der Waals surface area contributed by atoms with Crippen molar-refractivity contribution in [3.05, 3.63) is 35.5 Å². The molecule has 3 heterocycles. The second-order valence-corrected chi connectivity index (χ2v) is 5.96. The van der Waals surface area contributed by atoms with Crippen LogP contribution in [0, 0.1) is 6.92 Å². The summed E-state index contributed by atoms with van der Waals surface area (Å²) in [7, 11) is 0. The maximum atomic E-state index is 10.1. The van der Waals surface area contributed by atoms with E-state index in [0.29, 0.717) is 44.4 Å². The Labute approximate surface area is 133 Å². The number of aromatic nitrogens is 2. The lowest BCUT2D eigenvalue weighted by Gasteiger charge is -2.25. The number of aliphatic hydroxyl groups is 1. The number of likely N-dealkylation sites (tertiary alicyclic amines) is 1. The average Bonchev–Trinajstić information content (AvgIpc) is 3.13. The van der Waals surface area contributed by atoms with Crippen molar-refractivity contribution in [2.45, 2.75) is 32.0 Å². The van der Waals surface area contributed by atoms with Crippen molar-refractivity contribution < 1.29 is 19.1 Å². The van der Waals surface area contributed by atoms with Crippen LogP contribution in [0.1, 0.15) is 29.7 Å². The summed E-state index contributed by atoms with van der Waals surface area (Å²) in [5.41, 5.74) is 1.04. The summed E-state index contributed by atoms with van der Waals surface area (Å²) in [5.74, 6) is 2.73. The van der Waals surface area contributed by atoms with Gasteiger partial charge in [-0.25, -0.2) is 0 Å². The molecule has 0 aliphatic carbocycles. The van der Waals surface area contributed by atoms with Crippen LogP contribution in [0.15, 0.2) is 22.7 Å². The molecule has 23 heavy (non-hydrogen) atoms. The number of para-hydroxylation sites is 1. The molecule has 4 rings (SSSR count). The highest BCUT2D eigenvalue weighted by atomic mass is 16.6. The van der Waals surface area contributed by atoms with Gasteiger partial charge in [-0.3, -0.25) is 4.90 Å². The van der Waals surface area contributed by atoms with Gasteiger partial charge in [-0.2, -0.15) is 4.98 Å². The van der Waals surface area contributed by atoms with Gasteiger partial charge in [0.25, 0.3) is 0 Å². The molecule has 7 heteroatoms. The molecule has 1 fully saturated rings. The standard InChI is InChI=1S/C16H19N3O4/c1-10-17-16(23-18-10)13-7-12(20)9-19(13)8-11-3-2-4-14-15(11)22-6-5-21-14/h2-4,12-13,20H,5-9H2,1H3/t12-,13-/m1/s1. The minimum Gasteiger partial charge on any atom is -0.486 e. The Balaban J connectivity index is 1.60. The Morgan fingerprint density at radius 2 is 2.17 bits per heavy atom. The highest BCUT2D eigenvalue weighted by Gasteiger charge is 2.36. The van der Waals surface area contributed by atoms with Crippen molar-refractivity contribution in [1.82, 2.24) is 15.0 Å². The first kappa shape index (κ1) is 14.5. The monoisotopic (exact) mass is 317 g/mol. The van der Waals surface area contributed by atoms with Crippen LogP contribution >= 0.6 is 0 Å². The van der Waals surface area contributed by atoms with Gasteiger partial charge in [0.2, 0.25) is 5.89 Å². The first-order valence-corrected chi connectivity index (χ1v) is 7.80. The SMILES string of the molecule is Cc1noc([C@H]2C[C@@H](O)CN2Cc2cccc3c2OCCO3)n1. The molecule has 0 amide bonds. The molecule has 2 aromatic rings. The molecule has 1 aromatic heterocycles. The quantitative estimate of drug-likeness (QED) is 0.917. The minimum absolute atomic E-state index is 0.0773. The zero-order valence-corrected chi connectivity index (χ0v) is 12.9. The number of hydrogen-bond donors (Lipinski definition) is 1. The second-order valence-electron chi connectivity index (χ2n) is 5.96. The number of fused-ring (bicyclic) bond motifs is 1. The fourth-order valence-electron chi connectivity index (χ4n) is 3.24. The van der Waals surface area contributed by atoms with E-state index >= 15 is 0 Å². The summed E-state index contributed by atoms with van der Waals surface area (Å²) in [5, 5.41) is 13.9. The zero-order valence-electron chi connectivity index (χ0n) is 12.9. The molecule has 0 unspecified atom stereocenters. The van der Waals surface area contributed by atoms with Gasteiger partial charge in [0.15, 0.2) is 17.3 Å². The van der Waals surface area contributed by atoms with Crippen LogP contribution < -0.4 is 9.47 Å². The number of rotatable bonds is 3. The van der Waals surface area contributed by atoms with Crippen LogP contribution in [-0.4, -0.2) is 46.0 Å². The van der Waals surface area contributed by atoms with Gasteiger partial charge in [0.05, 0.1) is 12.1 Å². The number of aryl methyl sites for hydroxylation is 1. The molecule has 1 N–H and O–H groups in total. The Kier molecular flexibility index (Phi) is 3.66. The molecule has 2 aliphatic rings. The third kappa shape index (κ3) is 2.77. The lowest BCUT2D eigenvalue weighted by Crippen LogP contribution is -2.25. The van der Waals surface area contributed by atoms with Crippen LogP contribution in [0.3, 0.4) is 0 Å². The summed E-state index contributed by atoms with van der Waals surface area (Å²) in [6.07, 6.45) is 0.192. The highest BCUT2D eigenvalue weighted by Crippen LogP contribution is 2.38. The van der Waals surface area contributed by atoms with E-state index < -0.39 is 6.10 Å². The van der Waals surface area contributed by atoms with E-state index in [1.54, 1.807) is 6.92 Å². The molecule has 1 saturated heterocycles. The number of aliphatic hydroxyl groups excluding tert-OH is 1. The smallest absolute Gasteiger partial charge is 0.244 e. The average molecular weight is 317 g/mol. The van der Waals surface area contributed by atoms with Crippen LogP contribution in [0.5, 0.6) is 11.5 Å². The van der Waals surface area contributed by atoms with Crippen molar-refractivity contribution >= 4 is 0 Å². The molecule has 2 aliphatic heterocycles. The summed E-state index contributed by atoms with van der Waals surface area (Å²) >= 11 is 0. The lowest BCUT2D eigenvalue weighted by molar-refractivity contribution is 0.156. The molecular weight excluding hydrogens is 298 g/mol. The molecule has 0 saturated carbocycles. The minimum atomic E-state index is -0.399. The Morgan fingerprint density at radius 1 is 1.30 bits per heavy atom. The number of β-amino-alcohol motifs (C(OH)–C–C–N with tert-alkyl or cyclic N) is 1. The Bertz CT molecular complexity index is 702. The summed E-state index contributed by atoms with van der Waals surface area (Å²) < 4.78 is 16.7. The van der Waals surface area contributed by atoms with Gasteiger partial charge >= 0.3 is 0 Å². The van der Waals surface area contributed by atoms with Gasteiger partial charge in [0, 0.05) is 18.7 Å². The second kappa shape index (κ2) is 5.82. The molecule has 2 atom stereocenters. The molecular formula is C16H19N3O4. The zero-order chi connectivity index (χ0) is 15.8. The van der Waals surface area contributed by atoms with E-state index in [-0.39, 0.29) is 6.04 Å². The molecule has 0 radical (unpaired) electrons. The molecule has 122 valence electrons. The fourth-order valence-corrected chi connectivity index (χ4v) is 3.24. The largest absolute Gasteiger partial charge is 0.486 e.